The number of hydrogen-bond donors (Lipinski definition) is 0. The van der Waals surface area contributed by atoms with Crippen molar-refractivity contribution in [3.8, 4) is 0 Å². The third-order valence-electron chi connectivity index (χ3n) is 4.56. The number of nitrogens with zero attached hydrogens (tertiary/aromatic N) is 2. The minimum absolute atomic E-state index is 0.0378. The number of carbonyl (C=O) groups is 2. The third-order valence-corrected chi connectivity index (χ3v) is 4.56. The smallest absolute Gasteiger partial charge is 0.339 e. The molecule has 0 aromatic heterocycles. The fraction of sp³-hybridized carbons (Fsp3) is 0.0909. The fourth-order valence-electron chi connectivity index (χ4n) is 2.96. The van der Waals surface area contributed by atoms with E-state index in [4.69, 9.17) is 4.74 Å². The van der Waals surface area contributed by atoms with Gasteiger partial charge in [0.15, 0.2) is 6.10 Å². The van der Waals surface area contributed by atoms with Crippen LogP contribution in [0.2, 0.25) is 0 Å². The van der Waals surface area contributed by atoms with Crippen LogP contribution in [0.15, 0.2) is 72.8 Å². The van der Waals surface area contributed by atoms with Gasteiger partial charge in [-0.3, -0.25) is 25.0 Å². The number of hydrogen-bond acceptors (Lipinski definition) is 7. The zero-order valence-electron chi connectivity index (χ0n) is 16.3. The van der Waals surface area contributed by atoms with Crippen LogP contribution in [0.3, 0.4) is 0 Å². The van der Waals surface area contributed by atoms with Crippen molar-refractivity contribution in [2.75, 3.05) is 0 Å². The summed E-state index contributed by atoms with van der Waals surface area (Å²) in [6.45, 7) is 1.48. The predicted octanol–water partition coefficient (Wildman–Crippen LogP) is 4.59. The monoisotopic (exact) mass is 420 g/mol. The first kappa shape index (κ1) is 21.3. The average molecular weight is 420 g/mol. The first-order valence-electron chi connectivity index (χ1n) is 9.07. The maximum Gasteiger partial charge on any atom is 0.339 e. The number of Topliss-reactive ketones (excluding diaryl/α,β-unsaturated/α-hetero) is 1. The van der Waals surface area contributed by atoms with E-state index in [1.165, 1.54) is 49.4 Å². The van der Waals surface area contributed by atoms with Gasteiger partial charge in [0.1, 0.15) is 0 Å². The van der Waals surface area contributed by atoms with E-state index in [9.17, 15) is 29.8 Å². The van der Waals surface area contributed by atoms with Crippen LogP contribution >= 0.6 is 0 Å². The molecule has 31 heavy (non-hydrogen) atoms. The van der Waals surface area contributed by atoms with Gasteiger partial charge in [-0.2, -0.15) is 0 Å². The summed E-state index contributed by atoms with van der Waals surface area (Å²) in [6, 6.07) is 17.0. The van der Waals surface area contributed by atoms with Crippen molar-refractivity contribution in [2.24, 2.45) is 0 Å². The van der Waals surface area contributed by atoms with E-state index in [0.29, 0.717) is 5.56 Å². The zero-order valence-corrected chi connectivity index (χ0v) is 16.3. The van der Waals surface area contributed by atoms with Crippen molar-refractivity contribution < 1.29 is 24.2 Å². The summed E-state index contributed by atoms with van der Waals surface area (Å²) in [5.74, 6) is -1.37. The Hall–Kier alpha value is -4.40. The van der Waals surface area contributed by atoms with Crippen LogP contribution in [0, 0.1) is 27.2 Å². The number of ketones is 1. The standard InChI is InChI=1S/C22H16N2O7/c1-14-13-17(9-12-19(14)24(29)30)22(26)31-21(20(25)15-5-3-2-4-6-15)16-7-10-18(11-8-16)23(27)28/h2-13,21H,1H3/t21-/m1/s1. The second-order valence-electron chi connectivity index (χ2n) is 6.62. The summed E-state index contributed by atoms with van der Waals surface area (Å²) in [5.41, 5.74) is 0.525. The molecule has 3 rings (SSSR count). The Morgan fingerprint density at radius 3 is 2.03 bits per heavy atom. The SMILES string of the molecule is Cc1cc(C(=O)O[C@@H](C(=O)c2ccccc2)c2ccc([N+](=O)[O-])cc2)ccc1[N+](=O)[O-]. The van der Waals surface area contributed by atoms with Crippen LogP contribution in [0.25, 0.3) is 0 Å². The second kappa shape index (κ2) is 8.95. The molecule has 9 nitrogen and oxygen atoms in total. The maximum atomic E-state index is 13.0. The third kappa shape index (κ3) is 4.78. The Balaban J connectivity index is 1.95. The number of nitro groups is 2. The Labute approximate surface area is 176 Å². The number of benzene rings is 3. The van der Waals surface area contributed by atoms with Gasteiger partial charge >= 0.3 is 5.97 Å². The summed E-state index contributed by atoms with van der Waals surface area (Å²) in [4.78, 5) is 46.5. The highest BCUT2D eigenvalue weighted by Gasteiger charge is 2.28. The summed E-state index contributed by atoms with van der Waals surface area (Å²) in [7, 11) is 0. The second-order valence-corrected chi connectivity index (χ2v) is 6.62. The van der Waals surface area contributed by atoms with Crippen molar-refractivity contribution in [3.63, 3.8) is 0 Å². The Morgan fingerprint density at radius 2 is 1.48 bits per heavy atom. The lowest BCUT2D eigenvalue weighted by atomic mass is 9.99. The van der Waals surface area contributed by atoms with Gasteiger partial charge in [-0.15, -0.1) is 0 Å². The molecule has 0 heterocycles. The molecule has 0 aliphatic carbocycles. The lowest BCUT2D eigenvalue weighted by Gasteiger charge is -2.17. The minimum atomic E-state index is -1.36. The van der Waals surface area contributed by atoms with E-state index in [-0.39, 0.29) is 28.1 Å². The first-order valence-corrected chi connectivity index (χ1v) is 9.07. The van der Waals surface area contributed by atoms with Gasteiger partial charge in [-0.25, -0.2) is 4.79 Å². The van der Waals surface area contributed by atoms with Crippen LogP contribution < -0.4 is 0 Å². The molecule has 0 fully saturated rings. The lowest BCUT2D eigenvalue weighted by molar-refractivity contribution is -0.385. The highest BCUT2D eigenvalue weighted by atomic mass is 16.6. The van der Waals surface area contributed by atoms with Crippen LogP contribution in [-0.2, 0) is 4.74 Å². The molecular weight excluding hydrogens is 404 g/mol. The van der Waals surface area contributed by atoms with Crippen LogP contribution in [0.1, 0.15) is 37.9 Å². The fourth-order valence-corrected chi connectivity index (χ4v) is 2.96. The highest BCUT2D eigenvalue weighted by molar-refractivity contribution is 6.02. The van der Waals surface area contributed by atoms with Gasteiger partial charge in [0.05, 0.1) is 15.4 Å². The molecular formula is C22H16N2O7. The Morgan fingerprint density at radius 1 is 0.839 bits per heavy atom. The van der Waals surface area contributed by atoms with E-state index < -0.39 is 27.7 Å². The molecule has 0 N–H and O–H groups in total. The van der Waals surface area contributed by atoms with E-state index in [0.717, 1.165) is 0 Å². The zero-order chi connectivity index (χ0) is 22.5. The number of esters is 1. The molecule has 1 atom stereocenters. The lowest BCUT2D eigenvalue weighted by Crippen LogP contribution is -2.20. The molecule has 0 spiro atoms. The quantitative estimate of drug-likeness (QED) is 0.236. The summed E-state index contributed by atoms with van der Waals surface area (Å²) in [5, 5.41) is 21.9. The van der Waals surface area contributed by atoms with Crippen molar-refractivity contribution in [1.82, 2.24) is 0 Å². The minimum Gasteiger partial charge on any atom is -0.445 e. The molecule has 0 aliphatic rings. The van der Waals surface area contributed by atoms with Gasteiger partial charge in [-0.05, 0) is 31.2 Å². The number of ether oxygens (including phenoxy) is 1. The molecule has 0 bridgehead atoms. The first-order chi connectivity index (χ1) is 14.8. The number of carbonyl (C=O) groups excluding carboxylic acids is 2. The highest BCUT2D eigenvalue weighted by Crippen LogP contribution is 2.27. The molecule has 0 radical (unpaired) electrons. The molecule has 0 saturated heterocycles. The number of nitro benzene ring substituents is 2. The number of rotatable bonds is 7. The van der Waals surface area contributed by atoms with Crippen molar-refractivity contribution in [1.29, 1.82) is 0 Å². The average Bonchev–Trinajstić information content (AvgIpc) is 2.77. The Bertz CT molecular complexity index is 1160. The van der Waals surface area contributed by atoms with E-state index in [1.807, 2.05) is 0 Å². The van der Waals surface area contributed by atoms with Crippen LogP contribution in [0.5, 0.6) is 0 Å². The molecule has 0 aliphatic heterocycles. The largest absolute Gasteiger partial charge is 0.445 e. The van der Waals surface area contributed by atoms with Gasteiger partial charge in [-0.1, -0.05) is 30.3 Å². The summed E-state index contributed by atoms with van der Waals surface area (Å²) >= 11 is 0. The van der Waals surface area contributed by atoms with Crippen molar-refractivity contribution >= 4 is 23.1 Å². The van der Waals surface area contributed by atoms with Crippen LogP contribution in [-0.4, -0.2) is 21.6 Å². The molecule has 3 aromatic rings. The van der Waals surface area contributed by atoms with Crippen molar-refractivity contribution in [2.45, 2.75) is 13.0 Å². The van der Waals surface area contributed by atoms with Gasteiger partial charge in [0.2, 0.25) is 5.78 Å². The van der Waals surface area contributed by atoms with Gasteiger partial charge < -0.3 is 4.74 Å². The van der Waals surface area contributed by atoms with E-state index >= 15 is 0 Å². The summed E-state index contributed by atoms with van der Waals surface area (Å²) in [6.07, 6.45) is -1.36. The molecule has 9 heteroatoms. The number of aryl methyl sites for hydroxylation is 1. The molecule has 0 amide bonds. The van der Waals surface area contributed by atoms with Gasteiger partial charge in [0.25, 0.3) is 11.4 Å². The maximum absolute atomic E-state index is 13.0. The van der Waals surface area contributed by atoms with E-state index in [2.05, 4.69) is 0 Å². The number of non-ortho nitro benzene ring substituents is 1. The molecule has 0 unspecified atom stereocenters. The van der Waals surface area contributed by atoms with Gasteiger partial charge in [0, 0.05) is 34.9 Å². The topological polar surface area (TPSA) is 130 Å². The van der Waals surface area contributed by atoms with E-state index in [1.54, 1.807) is 30.3 Å². The molecule has 0 saturated carbocycles. The predicted molar refractivity (Wildman–Crippen MR) is 110 cm³/mol. The normalized spacial score (nSPS) is 11.4. The molecule has 3 aromatic carbocycles. The van der Waals surface area contributed by atoms with Crippen molar-refractivity contribution in [3.05, 3.63) is 115 Å². The Kier molecular flexibility index (Phi) is 6.15. The molecule has 156 valence electrons. The van der Waals surface area contributed by atoms with Crippen LogP contribution in [0.4, 0.5) is 11.4 Å². The summed E-state index contributed by atoms with van der Waals surface area (Å²) < 4.78 is 5.47.